The SMILES string of the molecule is COc1cccc(CN(C(=O)CN(c2cccc(Cl)c2)S(C)(=O)=O)C(C)C(=O)NC(C)(C)C)c1. The van der Waals surface area contributed by atoms with E-state index in [0.717, 1.165) is 16.1 Å². The molecule has 0 aliphatic heterocycles. The van der Waals surface area contributed by atoms with Crippen molar-refractivity contribution in [3.63, 3.8) is 0 Å². The van der Waals surface area contributed by atoms with Crippen LogP contribution in [0.25, 0.3) is 0 Å². The van der Waals surface area contributed by atoms with Crippen LogP contribution in [0.4, 0.5) is 5.69 Å². The number of ether oxygens (including phenoxy) is 1. The molecule has 2 amide bonds. The average Bonchev–Trinajstić information content (AvgIpc) is 2.73. The quantitative estimate of drug-likeness (QED) is 0.558. The Morgan fingerprint density at radius 1 is 1.12 bits per heavy atom. The molecular formula is C24H32ClN3O5S. The summed E-state index contributed by atoms with van der Waals surface area (Å²) < 4.78 is 31.3. The van der Waals surface area contributed by atoms with Gasteiger partial charge in [0, 0.05) is 17.1 Å². The number of rotatable bonds is 9. The number of amides is 2. The normalized spacial score (nSPS) is 12.6. The first kappa shape index (κ1) is 27.5. The van der Waals surface area contributed by atoms with E-state index in [0.29, 0.717) is 10.8 Å². The summed E-state index contributed by atoms with van der Waals surface area (Å²) in [7, 11) is -2.28. The van der Waals surface area contributed by atoms with Gasteiger partial charge in [-0.3, -0.25) is 13.9 Å². The van der Waals surface area contributed by atoms with Gasteiger partial charge in [0.2, 0.25) is 21.8 Å². The fourth-order valence-corrected chi connectivity index (χ4v) is 4.30. The van der Waals surface area contributed by atoms with Crippen LogP contribution in [0, 0.1) is 0 Å². The van der Waals surface area contributed by atoms with Crippen LogP contribution >= 0.6 is 11.6 Å². The van der Waals surface area contributed by atoms with Gasteiger partial charge < -0.3 is 15.0 Å². The molecule has 0 fully saturated rings. The van der Waals surface area contributed by atoms with Crippen molar-refractivity contribution in [2.24, 2.45) is 0 Å². The molecule has 0 heterocycles. The van der Waals surface area contributed by atoms with Crippen LogP contribution in [0.1, 0.15) is 33.3 Å². The van der Waals surface area contributed by atoms with Crippen LogP contribution in [0.5, 0.6) is 5.75 Å². The zero-order valence-electron chi connectivity index (χ0n) is 20.3. The summed E-state index contributed by atoms with van der Waals surface area (Å²) in [5.74, 6) is -0.282. The van der Waals surface area contributed by atoms with Gasteiger partial charge in [-0.1, -0.05) is 29.8 Å². The minimum absolute atomic E-state index is 0.0852. The maximum absolute atomic E-state index is 13.5. The second-order valence-electron chi connectivity index (χ2n) is 9.04. The van der Waals surface area contributed by atoms with E-state index in [-0.39, 0.29) is 18.1 Å². The van der Waals surface area contributed by atoms with Crippen molar-refractivity contribution in [1.82, 2.24) is 10.2 Å². The monoisotopic (exact) mass is 509 g/mol. The summed E-state index contributed by atoms with van der Waals surface area (Å²) in [6.45, 7) is 6.74. The molecule has 0 aromatic heterocycles. The molecule has 8 nitrogen and oxygen atoms in total. The number of halogens is 1. The van der Waals surface area contributed by atoms with Gasteiger partial charge in [-0.2, -0.15) is 0 Å². The van der Waals surface area contributed by atoms with E-state index in [1.165, 1.54) is 18.1 Å². The second kappa shape index (κ2) is 11.1. The Kier molecular flexibility index (Phi) is 8.96. The molecule has 0 radical (unpaired) electrons. The number of carbonyl (C=O) groups excluding carboxylic acids is 2. The molecule has 0 spiro atoms. The summed E-state index contributed by atoms with van der Waals surface area (Å²) >= 11 is 6.05. The average molecular weight is 510 g/mol. The third-order valence-electron chi connectivity index (χ3n) is 4.93. The van der Waals surface area contributed by atoms with Crippen molar-refractivity contribution < 1.29 is 22.7 Å². The summed E-state index contributed by atoms with van der Waals surface area (Å²) in [5, 5.41) is 3.22. The fourth-order valence-electron chi connectivity index (χ4n) is 3.27. The lowest BCUT2D eigenvalue weighted by Gasteiger charge is -2.33. The van der Waals surface area contributed by atoms with Crippen LogP contribution in [-0.4, -0.2) is 56.6 Å². The minimum atomic E-state index is -3.81. The number of sulfonamides is 1. The molecule has 10 heteroatoms. The Hall–Kier alpha value is -2.78. The van der Waals surface area contributed by atoms with E-state index >= 15 is 0 Å². The van der Waals surface area contributed by atoms with Crippen molar-refractivity contribution in [3.8, 4) is 5.75 Å². The van der Waals surface area contributed by atoms with E-state index < -0.39 is 34.1 Å². The maximum atomic E-state index is 13.5. The summed E-state index contributed by atoms with van der Waals surface area (Å²) in [6.07, 6.45) is 1.02. The predicted molar refractivity (Wildman–Crippen MR) is 135 cm³/mol. The lowest BCUT2D eigenvalue weighted by molar-refractivity contribution is -0.140. The van der Waals surface area contributed by atoms with E-state index in [4.69, 9.17) is 16.3 Å². The first-order chi connectivity index (χ1) is 15.7. The van der Waals surface area contributed by atoms with Crippen molar-refractivity contribution in [1.29, 1.82) is 0 Å². The highest BCUT2D eigenvalue weighted by Crippen LogP contribution is 2.23. The first-order valence-electron chi connectivity index (χ1n) is 10.7. The van der Waals surface area contributed by atoms with Gasteiger partial charge in [0.05, 0.1) is 19.1 Å². The molecule has 2 aromatic carbocycles. The van der Waals surface area contributed by atoms with Crippen molar-refractivity contribution in [3.05, 3.63) is 59.1 Å². The first-order valence-corrected chi connectivity index (χ1v) is 12.9. The van der Waals surface area contributed by atoms with E-state index in [9.17, 15) is 18.0 Å². The van der Waals surface area contributed by atoms with Gasteiger partial charge in [0.25, 0.3) is 0 Å². The van der Waals surface area contributed by atoms with Gasteiger partial charge in [-0.25, -0.2) is 8.42 Å². The Morgan fingerprint density at radius 2 is 1.76 bits per heavy atom. The highest BCUT2D eigenvalue weighted by molar-refractivity contribution is 7.92. The molecule has 0 aliphatic rings. The molecule has 1 N–H and O–H groups in total. The largest absolute Gasteiger partial charge is 0.497 e. The van der Waals surface area contributed by atoms with Gasteiger partial charge in [-0.05, 0) is 63.6 Å². The standard InChI is InChI=1S/C24H32ClN3O5S/c1-17(23(30)26-24(2,3)4)27(15-18-9-7-12-21(13-18)33-5)22(29)16-28(34(6,31)32)20-11-8-10-19(25)14-20/h7-14,17H,15-16H2,1-6H3,(H,26,30). The van der Waals surface area contributed by atoms with Gasteiger partial charge in [0.15, 0.2) is 0 Å². The topological polar surface area (TPSA) is 96.0 Å². The molecule has 2 rings (SSSR count). The smallest absolute Gasteiger partial charge is 0.244 e. The van der Waals surface area contributed by atoms with Crippen LogP contribution in [0.15, 0.2) is 48.5 Å². The van der Waals surface area contributed by atoms with Crippen molar-refractivity contribution in [2.75, 3.05) is 24.2 Å². The van der Waals surface area contributed by atoms with Gasteiger partial charge in [-0.15, -0.1) is 0 Å². The van der Waals surface area contributed by atoms with E-state index in [2.05, 4.69) is 5.32 Å². The number of methoxy groups -OCH3 is 1. The highest BCUT2D eigenvalue weighted by Gasteiger charge is 2.31. The molecule has 0 saturated carbocycles. The summed E-state index contributed by atoms with van der Waals surface area (Å²) in [4.78, 5) is 27.8. The van der Waals surface area contributed by atoms with E-state index in [1.54, 1.807) is 43.3 Å². The van der Waals surface area contributed by atoms with Crippen molar-refractivity contribution >= 4 is 39.1 Å². The Morgan fingerprint density at radius 3 is 2.32 bits per heavy atom. The van der Waals surface area contributed by atoms with Crippen LogP contribution in [0.3, 0.4) is 0 Å². The van der Waals surface area contributed by atoms with Crippen molar-refractivity contribution in [2.45, 2.75) is 45.8 Å². The molecule has 186 valence electrons. The molecule has 34 heavy (non-hydrogen) atoms. The number of anilines is 1. The third kappa shape index (κ3) is 7.92. The Labute approximate surface area is 206 Å². The second-order valence-corrected chi connectivity index (χ2v) is 11.4. The fraction of sp³-hybridized carbons (Fsp3) is 0.417. The van der Waals surface area contributed by atoms with Crippen LogP contribution in [0.2, 0.25) is 5.02 Å². The minimum Gasteiger partial charge on any atom is -0.497 e. The highest BCUT2D eigenvalue weighted by atomic mass is 35.5. The Bertz CT molecular complexity index is 1130. The molecule has 1 atom stereocenters. The lowest BCUT2D eigenvalue weighted by atomic mass is 10.1. The lowest BCUT2D eigenvalue weighted by Crippen LogP contribution is -2.54. The number of hydrogen-bond donors (Lipinski definition) is 1. The summed E-state index contributed by atoms with van der Waals surface area (Å²) in [6, 6.07) is 12.5. The molecule has 1 unspecified atom stereocenters. The third-order valence-corrected chi connectivity index (χ3v) is 6.30. The van der Waals surface area contributed by atoms with Gasteiger partial charge >= 0.3 is 0 Å². The molecule has 0 aliphatic carbocycles. The summed E-state index contributed by atoms with van der Waals surface area (Å²) in [5.41, 5.74) is 0.489. The number of hydrogen-bond acceptors (Lipinski definition) is 5. The van der Waals surface area contributed by atoms with Crippen LogP contribution < -0.4 is 14.4 Å². The Balaban J connectivity index is 2.42. The number of carbonyl (C=O) groups is 2. The van der Waals surface area contributed by atoms with E-state index in [1.807, 2.05) is 26.8 Å². The zero-order valence-corrected chi connectivity index (χ0v) is 21.9. The van der Waals surface area contributed by atoms with Gasteiger partial charge in [0.1, 0.15) is 18.3 Å². The van der Waals surface area contributed by atoms with Crippen LogP contribution in [-0.2, 0) is 26.2 Å². The molecule has 0 saturated heterocycles. The predicted octanol–water partition coefficient (Wildman–Crippen LogP) is 3.45. The number of benzene rings is 2. The molecular weight excluding hydrogens is 478 g/mol. The number of nitrogens with zero attached hydrogens (tertiary/aromatic N) is 2. The maximum Gasteiger partial charge on any atom is 0.244 e. The molecule has 2 aromatic rings. The number of nitrogens with one attached hydrogen (secondary N) is 1. The molecule has 0 bridgehead atoms. The zero-order chi connectivity index (χ0) is 25.7.